The van der Waals surface area contributed by atoms with Gasteiger partial charge in [0.25, 0.3) is 0 Å². The van der Waals surface area contributed by atoms with Gasteiger partial charge in [-0.1, -0.05) is 26.0 Å². The Morgan fingerprint density at radius 3 is 2.68 bits per heavy atom. The summed E-state index contributed by atoms with van der Waals surface area (Å²) >= 11 is 0. The molecule has 1 atom stereocenters. The summed E-state index contributed by atoms with van der Waals surface area (Å²) in [5, 5.41) is 3.65. The Hall–Kier alpha value is -1.06. The number of hydrogen-bond donors (Lipinski definition) is 1. The summed E-state index contributed by atoms with van der Waals surface area (Å²) < 4.78 is 5.47. The van der Waals surface area contributed by atoms with Crippen molar-refractivity contribution in [1.29, 1.82) is 0 Å². The van der Waals surface area contributed by atoms with Gasteiger partial charge >= 0.3 is 0 Å². The highest BCUT2D eigenvalue weighted by Crippen LogP contribution is 2.49. The molecule has 1 aromatic carbocycles. The molecule has 1 N–H and O–H groups in total. The van der Waals surface area contributed by atoms with E-state index in [1.165, 1.54) is 24.8 Å². The highest BCUT2D eigenvalue weighted by atomic mass is 16.5. The molecule has 3 heteroatoms. The van der Waals surface area contributed by atoms with E-state index in [4.69, 9.17) is 4.74 Å². The summed E-state index contributed by atoms with van der Waals surface area (Å²) in [5.74, 6) is 0.964. The van der Waals surface area contributed by atoms with Gasteiger partial charge in [0.05, 0.1) is 7.11 Å². The molecule has 1 heterocycles. The molecule has 0 spiro atoms. The van der Waals surface area contributed by atoms with Gasteiger partial charge in [-0.15, -0.1) is 0 Å². The van der Waals surface area contributed by atoms with Crippen molar-refractivity contribution in [1.82, 2.24) is 10.2 Å². The summed E-state index contributed by atoms with van der Waals surface area (Å²) in [7, 11) is 6.06. The number of hydrogen-bond acceptors (Lipinski definition) is 3. The molecule has 0 bridgehead atoms. The minimum atomic E-state index is 0.176. The lowest BCUT2D eigenvalue weighted by atomic mass is 9.56. The molecule has 0 aromatic heterocycles. The lowest BCUT2D eigenvalue weighted by Gasteiger charge is -2.51. The van der Waals surface area contributed by atoms with Crippen molar-refractivity contribution in [3.05, 3.63) is 29.8 Å². The molecule has 1 aromatic rings. The molecule has 0 aliphatic carbocycles. The second kappa shape index (κ2) is 7.01. The van der Waals surface area contributed by atoms with E-state index in [1.54, 1.807) is 7.11 Å². The second-order valence-electron chi connectivity index (χ2n) is 7.53. The van der Waals surface area contributed by atoms with Gasteiger partial charge in [-0.25, -0.2) is 0 Å². The summed E-state index contributed by atoms with van der Waals surface area (Å²) in [6.07, 6.45) is 3.64. The van der Waals surface area contributed by atoms with Crippen molar-refractivity contribution >= 4 is 0 Å². The monoisotopic (exact) mass is 304 g/mol. The molecule has 1 fully saturated rings. The van der Waals surface area contributed by atoms with Crippen LogP contribution in [0.1, 0.15) is 38.7 Å². The third-order valence-electron chi connectivity index (χ3n) is 5.48. The molecular formula is C19H32N2O. The SMILES string of the molecule is COc1cccc(C2(CCCN(C)C)CNCCC2(C)C)c1. The lowest BCUT2D eigenvalue weighted by molar-refractivity contribution is 0.0935. The Morgan fingerprint density at radius 2 is 2.05 bits per heavy atom. The van der Waals surface area contributed by atoms with Gasteiger partial charge in [0.2, 0.25) is 0 Å². The first kappa shape index (κ1) is 17.3. The first-order valence-electron chi connectivity index (χ1n) is 8.41. The Labute approximate surface area is 136 Å². The molecule has 1 saturated heterocycles. The maximum atomic E-state index is 5.47. The largest absolute Gasteiger partial charge is 0.497 e. The minimum Gasteiger partial charge on any atom is -0.497 e. The zero-order valence-corrected chi connectivity index (χ0v) is 14.9. The fraction of sp³-hybridized carbons (Fsp3) is 0.684. The zero-order valence-electron chi connectivity index (χ0n) is 14.9. The van der Waals surface area contributed by atoms with Crippen molar-refractivity contribution in [3.63, 3.8) is 0 Å². The molecule has 124 valence electrons. The van der Waals surface area contributed by atoms with Gasteiger partial charge in [0.15, 0.2) is 0 Å². The van der Waals surface area contributed by atoms with Crippen LogP contribution in [0.2, 0.25) is 0 Å². The fourth-order valence-electron chi connectivity index (χ4n) is 3.86. The van der Waals surface area contributed by atoms with Gasteiger partial charge in [0, 0.05) is 12.0 Å². The molecule has 0 amide bonds. The van der Waals surface area contributed by atoms with E-state index in [9.17, 15) is 0 Å². The van der Waals surface area contributed by atoms with E-state index < -0.39 is 0 Å². The van der Waals surface area contributed by atoms with E-state index in [1.807, 2.05) is 6.07 Å². The number of rotatable bonds is 6. The number of piperidine rings is 1. The van der Waals surface area contributed by atoms with Gasteiger partial charge in [-0.2, -0.15) is 0 Å². The average Bonchev–Trinajstić information content (AvgIpc) is 2.48. The highest BCUT2D eigenvalue weighted by Gasteiger charge is 2.47. The number of benzene rings is 1. The maximum absolute atomic E-state index is 5.47. The third-order valence-corrected chi connectivity index (χ3v) is 5.48. The number of methoxy groups -OCH3 is 1. The normalized spacial score (nSPS) is 24.5. The van der Waals surface area contributed by atoms with E-state index in [0.717, 1.165) is 25.4 Å². The standard InChI is InChI=1S/C19H32N2O/c1-18(2)11-12-20-15-19(18,10-7-13-21(3)4)16-8-6-9-17(14-16)22-5/h6,8-9,14,20H,7,10-13,15H2,1-5H3. The Balaban J connectivity index is 2.35. The molecular weight excluding hydrogens is 272 g/mol. The predicted octanol–water partition coefficient (Wildman–Crippen LogP) is 3.29. The van der Waals surface area contributed by atoms with Gasteiger partial charge in [-0.3, -0.25) is 0 Å². The van der Waals surface area contributed by atoms with Crippen molar-refractivity contribution in [2.75, 3.05) is 40.8 Å². The van der Waals surface area contributed by atoms with Crippen molar-refractivity contribution in [3.8, 4) is 5.75 Å². The molecule has 3 nitrogen and oxygen atoms in total. The third kappa shape index (κ3) is 3.47. The first-order valence-corrected chi connectivity index (χ1v) is 8.41. The van der Waals surface area contributed by atoms with Gasteiger partial charge in [0.1, 0.15) is 5.75 Å². The Morgan fingerprint density at radius 1 is 1.27 bits per heavy atom. The van der Waals surface area contributed by atoms with E-state index in [-0.39, 0.29) is 10.8 Å². The number of nitrogens with zero attached hydrogens (tertiary/aromatic N) is 1. The number of ether oxygens (including phenoxy) is 1. The van der Waals surface area contributed by atoms with Crippen LogP contribution >= 0.6 is 0 Å². The second-order valence-corrected chi connectivity index (χ2v) is 7.53. The van der Waals surface area contributed by atoms with E-state index in [0.29, 0.717) is 0 Å². The van der Waals surface area contributed by atoms with Crippen LogP contribution in [0, 0.1) is 5.41 Å². The van der Waals surface area contributed by atoms with Gasteiger partial charge in [-0.05, 0) is 69.6 Å². The average molecular weight is 304 g/mol. The van der Waals surface area contributed by atoms with Crippen LogP contribution in [0.25, 0.3) is 0 Å². The summed E-state index contributed by atoms with van der Waals surface area (Å²) in [4.78, 5) is 2.28. The highest BCUT2D eigenvalue weighted by molar-refractivity contribution is 5.36. The molecule has 1 aliphatic heterocycles. The molecule has 22 heavy (non-hydrogen) atoms. The smallest absolute Gasteiger partial charge is 0.119 e. The van der Waals surface area contributed by atoms with Crippen molar-refractivity contribution in [2.45, 2.75) is 38.5 Å². The summed E-state index contributed by atoms with van der Waals surface area (Å²) in [5.41, 5.74) is 1.88. The van der Waals surface area contributed by atoms with Crippen LogP contribution in [-0.2, 0) is 5.41 Å². The first-order chi connectivity index (χ1) is 10.4. The van der Waals surface area contributed by atoms with Crippen LogP contribution < -0.4 is 10.1 Å². The molecule has 1 aliphatic rings. The molecule has 0 radical (unpaired) electrons. The molecule has 0 saturated carbocycles. The van der Waals surface area contributed by atoms with Gasteiger partial charge < -0.3 is 15.0 Å². The Kier molecular flexibility index (Phi) is 5.51. The molecule has 2 rings (SSSR count). The molecule has 1 unspecified atom stereocenters. The summed E-state index contributed by atoms with van der Waals surface area (Å²) in [6, 6.07) is 8.70. The van der Waals surface area contributed by atoms with Crippen molar-refractivity contribution < 1.29 is 4.74 Å². The van der Waals surface area contributed by atoms with Crippen LogP contribution in [-0.4, -0.2) is 45.7 Å². The van der Waals surface area contributed by atoms with Crippen LogP contribution in [0.15, 0.2) is 24.3 Å². The topological polar surface area (TPSA) is 24.5 Å². The maximum Gasteiger partial charge on any atom is 0.119 e. The lowest BCUT2D eigenvalue weighted by Crippen LogP contribution is -2.54. The summed E-state index contributed by atoms with van der Waals surface area (Å²) in [6.45, 7) is 8.18. The van der Waals surface area contributed by atoms with Crippen molar-refractivity contribution in [2.24, 2.45) is 5.41 Å². The number of nitrogens with one attached hydrogen (secondary N) is 1. The van der Waals surface area contributed by atoms with Crippen LogP contribution in [0.4, 0.5) is 0 Å². The fourth-order valence-corrected chi connectivity index (χ4v) is 3.86. The van der Waals surface area contributed by atoms with Crippen LogP contribution in [0.5, 0.6) is 5.75 Å². The van der Waals surface area contributed by atoms with E-state index >= 15 is 0 Å². The van der Waals surface area contributed by atoms with Crippen LogP contribution in [0.3, 0.4) is 0 Å². The zero-order chi connectivity index (χ0) is 16.2. The Bertz CT molecular complexity index is 484. The van der Waals surface area contributed by atoms with E-state index in [2.05, 4.69) is 56.4 Å². The quantitative estimate of drug-likeness (QED) is 0.873. The minimum absolute atomic E-state index is 0.176. The predicted molar refractivity (Wildman–Crippen MR) is 93.7 cm³/mol.